The number of aromatic nitrogens is 1. The van der Waals surface area contributed by atoms with Gasteiger partial charge in [-0.1, -0.05) is 18.2 Å². The molecule has 144 valence electrons. The fourth-order valence-electron chi connectivity index (χ4n) is 3.03. The van der Waals surface area contributed by atoms with Crippen LogP contribution in [0, 0.1) is 5.82 Å². The van der Waals surface area contributed by atoms with Gasteiger partial charge in [0.2, 0.25) is 0 Å². The number of nitrogens with one attached hydrogen (secondary N) is 2. The summed E-state index contributed by atoms with van der Waals surface area (Å²) in [5.41, 5.74) is 0. The number of hydrogen-bond acceptors (Lipinski definition) is 4. The van der Waals surface area contributed by atoms with Crippen molar-refractivity contribution in [1.82, 2.24) is 15.6 Å². The number of halogens is 1. The molecule has 0 saturated carbocycles. The van der Waals surface area contributed by atoms with Gasteiger partial charge in [-0.2, -0.15) is 0 Å². The Kier molecular flexibility index (Phi) is 7.33. The Morgan fingerprint density at radius 1 is 1.30 bits per heavy atom. The van der Waals surface area contributed by atoms with Gasteiger partial charge in [-0.25, -0.2) is 9.37 Å². The molecule has 1 aromatic carbocycles. The van der Waals surface area contributed by atoms with Crippen LogP contribution in [0.5, 0.6) is 0 Å². The highest BCUT2D eigenvalue weighted by molar-refractivity contribution is 7.99. The standard InChI is InChI=1S/C20H26FN5S/c1-2-22-20(24-12-14-27-17-7-4-3-5-8-17)25-16-10-13-26(15-16)19-18(21)9-6-11-23-19/h3-9,11,16H,2,10,12-15H2,1H3,(H2,22,24,25). The first kappa shape index (κ1) is 19.5. The van der Waals surface area contributed by atoms with Crippen molar-refractivity contribution in [2.75, 3.05) is 36.8 Å². The molecule has 1 aromatic heterocycles. The van der Waals surface area contributed by atoms with E-state index in [1.54, 1.807) is 24.0 Å². The molecule has 0 radical (unpaired) electrons. The largest absolute Gasteiger partial charge is 0.357 e. The molecule has 1 saturated heterocycles. The van der Waals surface area contributed by atoms with Crippen molar-refractivity contribution in [3.8, 4) is 0 Å². The Balaban J connectivity index is 1.49. The van der Waals surface area contributed by atoms with E-state index < -0.39 is 0 Å². The van der Waals surface area contributed by atoms with Gasteiger partial charge in [0.1, 0.15) is 0 Å². The van der Waals surface area contributed by atoms with Gasteiger partial charge in [0, 0.05) is 42.5 Å². The second kappa shape index (κ2) is 10.2. The Morgan fingerprint density at radius 2 is 2.15 bits per heavy atom. The van der Waals surface area contributed by atoms with E-state index in [0.717, 1.165) is 44.3 Å². The van der Waals surface area contributed by atoms with Crippen LogP contribution in [0.2, 0.25) is 0 Å². The van der Waals surface area contributed by atoms with E-state index in [4.69, 9.17) is 0 Å². The topological polar surface area (TPSA) is 52.6 Å². The van der Waals surface area contributed by atoms with E-state index in [1.165, 1.54) is 11.0 Å². The second-order valence-electron chi connectivity index (χ2n) is 6.31. The summed E-state index contributed by atoms with van der Waals surface area (Å²) in [6.07, 6.45) is 2.56. The van der Waals surface area contributed by atoms with Gasteiger partial charge in [-0.05, 0) is 37.6 Å². The molecule has 2 heterocycles. The third-order valence-corrected chi connectivity index (χ3v) is 5.28. The van der Waals surface area contributed by atoms with Crippen molar-refractivity contribution in [3.05, 3.63) is 54.5 Å². The number of hydrogen-bond donors (Lipinski definition) is 2. The zero-order chi connectivity index (χ0) is 18.9. The summed E-state index contributed by atoms with van der Waals surface area (Å²) >= 11 is 1.80. The molecule has 1 aliphatic rings. The maximum atomic E-state index is 13.9. The van der Waals surface area contributed by atoms with Crippen LogP contribution in [0.4, 0.5) is 10.2 Å². The van der Waals surface area contributed by atoms with Crippen LogP contribution >= 0.6 is 11.8 Å². The zero-order valence-corrected chi connectivity index (χ0v) is 16.4. The maximum absolute atomic E-state index is 13.9. The van der Waals surface area contributed by atoms with Crippen LogP contribution in [-0.2, 0) is 0 Å². The Labute approximate surface area is 164 Å². The summed E-state index contributed by atoms with van der Waals surface area (Å²) in [5.74, 6) is 1.91. The number of rotatable bonds is 7. The molecule has 2 N–H and O–H groups in total. The van der Waals surface area contributed by atoms with E-state index in [-0.39, 0.29) is 11.9 Å². The number of pyridine rings is 1. The lowest BCUT2D eigenvalue weighted by molar-refractivity contribution is 0.612. The van der Waals surface area contributed by atoms with Crippen LogP contribution in [0.15, 0.2) is 58.5 Å². The van der Waals surface area contributed by atoms with Crippen LogP contribution in [0.1, 0.15) is 13.3 Å². The van der Waals surface area contributed by atoms with E-state index in [0.29, 0.717) is 5.82 Å². The second-order valence-corrected chi connectivity index (χ2v) is 7.48. The normalized spacial score (nSPS) is 17.2. The molecule has 1 unspecified atom stereocenters. The minimum Gasteiger partial charge on any atom is -0.357 e. The van der Waals surface area contributed by atoms with Gasteiger partial charge in [0.15, 0.2) is 17.6 Å². The smallest absolute Gasteiger partial charge is 0.191 e. The summed E-state index contributed by atoms with van der Waals surface area (Å²) in [7, 11) is 0. The molecule has 27 heavy (non-hydrogen) atoms. The molecule has 7 heteroatoms. The molecule has 1 aliphatic heterocycles. The van der Waals surface area contributed by atoms with Crippen molar-refractivity contribution in [2.24, 2.45) is 4.99 Å². The Hall–Kier alpha value is -2.28. The van der Waals surface area contributed by atoms with Crippen molar-refractivity contribution < 1.29 is 4.39 Å². The summed E-state index contributed by atoms with van der Waals surface area (Å²) in [4.78, 5) is 12.1. The molecule has 2 aromatic rings. The average molecular weight is 388 g/mol. The van der Waals surface area contributed by atoms with E-state index in [2.05, 4.69) is 39.7 Å². The fourth-order valence-corrected chi connectivity index (χ4v) is 3.80. The van der Waals surface area contributed by atoms with Crippen LogP contribution in [0.25, 0.3) is 0 Å². The lowest BCUT2D eigenvalue weighted by Crippen LogP contribution is -2.44. The van der Waals surface area contributed by atoms with Crippen molar-refractivity contribution in [2.45, 2.75) is 24.3 Å². The summed E-state index contributed by atoms with van der Waals surface area (Å²) in [5, 5.41) is 6.77. The molecule has 0 amide bonds. The molecule has 0 bridgehead atoms. The number of thioether (sulfide) groups is 1. The molecule has 0 spiro atoms. The predicted octanol–water partition coefficient (Wildman–Crippen LogP) is 3.15. The van der Waals surface area contributed by atoms with Crippen molar-refractivity contribution in [3.63, 3.8) is 0 Å². The minimum atomic E-state index is -0.267. The summed E-state index contributed by atoms with van der Waals surface area (Å²) in [6.45, 7) is 5.11. The van der Waals surface area contributed by atoms with Gasteiger partial charge in [0.05, 0.1) is 6.54 Å². The SMILES string of the molecule is CCNC(=NCCSc1ccccc1)NC1CCN(c2ncccc2F)C1. The highest BCUT2D eigenvalue weighted by Gasteiger charge is 2.25. The van der Waals surface area contributed by atoms with Gasteiger partial charge < -0.3 is 15.5 Å². The number of benzene rings is 1. The van der Waals surface area contributed by atoms with E-state index >= 15 is 0 Å². The third kappa shape index (κ3) is 5.85. The van der Waals surface area contributed by atoms with Gasteiger partial charge in [0.25, 0.3) is 0 Å². The van der Waals surface area contributed by atoms with Gasteiger partial charge in [-0.15, -0.1) is 11.8 Å². The lowest BCUT2D eigenvalue weighted by atomic mass is 10.3. The first-order valence-electron chi connectivity index (χ1n) is 9.34. The maximum Gasteiger partial charge on any atom is 0.191 e. The monoisotopic (exact) mass is 387 g/mol. The molecular weight excluding hydrogens is 361 g/mol. The van der Waals surface area contributed by atoms with Crippen molar-refractivity contribution >= 4 is 23.5 Å². The first-order chi connectivity index (χ1) is 13.3. The minimum absolute atomic E-state index is 0.228. The Morgan fingerprint density at radius 3 is 2.93 bits per heavy atom. The number of aliphatic imine (C=N–C) groups is 1. The Bertz CT molecular complexity index is 740. The summed E-state index contributed by atoms with van der Waals surface area (Å²) in [6, 6.07) is 13.7. The first-order valence-corrected chi connectivity index (χ1v) is 10.3. The number of anilines is 1. The summed E-state index contributed by atoms with van der Waals surface area (Å²) < 4.78 is 13.9. The fraction of sp³-hybridized carbons (Fsp3) is 0.400. The lowest BCUT2D eigenvalue weighted by Gasteiger charge is -2.19. The molecule has 1 atom stereocenters. The van der Waals surface area contributed by atoms with E-state index in [1.807, 2.05) is 23.1 Å². The van der Waals surface area contributed by atoms with Crippen LogP contribution < -0.4 is 15.5 Å². The number of guanidine groups is 1. The molecule has 0 aliphatic carbocycles. The van der Waals surface area contributed by atoms with Gasteiger partial charge >= 0.3 is 0 Å². The molecule has 5 nitrogen and oxygen atoms in total. The van der Waals surface area contributed by atoms with Crippen molar-refractivity contribution in [1.29, 1.82) is 0 Å². The van der Waals surface area contributed by atoms with Crippen LogP contribution in [-0.4, -0.2) is 48.9 Å². The highest BCUT2D eigenvalue weighted by atomic mass is 32.2. The predicted molar refractivity (Wildman–Crippen MR) is 111 cm³/mol. The zero-order valence-electron chi connectivity index (χ0n) is 15.6. The average Bonchev–Trinajstić information content (AvgIpc) is 3.15. The molecule has 3 rings (SSSR count). The third-order valence-electron chi connectivity index (χ3n) is 4.29. The quantitative estimate of drug-likeness (QED) is 0.331. The van der Waals surface area contributed by atoms with Gasteiger partial charge in [-0.3, -0.25) is 4.99 Å². The highest BCUT2D eigenvalue weighted by Crippen LogP contribution is 2.20. The van der Waals surface area contributed by atoms with E-state index in [9.17, 15) is 4.39 Å². The number of nitrogens with zero attached hydrogens (tertiary/aromatic N) is 3. The van der Waals surface area contributed by atoms with Crippen LogP contribution in [0.3, 0.4) is 0 Å². The molecular formula is C20H26FN5S. The molecule has 1 fully saturated rings.